The monoisotopic (exact) mass is 448 g/mol. The third kappa shape index (κ3) is 3.95. The molecule has 7 heteroatoms. The third-order valence-electron chi connectivity index (χ3n) is 4.58. The van der Waals surface area contributed by atoms with Gasteiger partial charge in [0, 0.05) is 23.3 Å². The molecule has 0 bridgehead atoms. The molecule has 0 aliphatic rings. The van der Waals surface area contributed by atoms with E-state index in [4.69, 9.17) is 4.98 Å². The number of pyridine rings is 1. The Morgan fingerprint density at radius 3 is 2.59 bits per heavy atom. The fourth-order valence-corrected chi connectivity index (χ4v) is 3.41. The topological polar surface area (TPSA) is 76.9 Å². The number of carbonyl (C=O) groups is 1. The highest BCUT2D eigenvalue weighted by atomic mass is 79.9. The van der Waals surface area contributed by atoms with Crippen molar-refractivity contribution in [3.05, 3.63) is 87.3 Å². The van der Waals surface area contributed by atoms with Crippen LogP contribution in [0.3, 0.4) is 0 Å². The van der Waals surface area contributed by atoms with Crippen molar-refractivity contribution in [1.82, 2.24) is 14.5 Å². The van der Waals surface area contributed by atoms with Crippen LogP contribution in [0.2, 0.25) is 0 Å². The minimum Gasteiger partial charge on any atom is -0.310 e. The Morgan fingerprint density at radius 1 is 1.07 bits per heavy atom. The smallest absolute Gasteiger partial charge is 0.261 e. The Bertz CT molecular complexity index is 1250. The molecule has 29 heavy (non-hydrogen) atoms. The maximum atomic E-state index is 12.9. The number of aromatic nitrogens is 3. The van der Waals surface area contributed by atoms with Crippen molar-refractivity contribution in [3.8, 4) is 11.4 Å². The van der Waals surface area contributed by atoms with Crippen LogP contribution in [-0.2, 0) is 18.3 Å². The number of carbonyl (C=O) groups excluding carboxylic acids is 1. The molecule has 1 amide bonds. The molecule has 0 fully saturated rings. The van der Waals surface area contributed by atoms with E-state index in [1.54, 1.807) is 43.6 Å². The van der Waals surface area contributed by atoms with Gasteiger partial charge in [-0.3, -0.25) is 14.2 Å². The number of anilines is 1. The summed E-state index contributed by atoms with van der Waals surface area (Å²) in [5, 5.41) is 3.25. The van der Waals surface area contributed by atoms with Crippen molar-refractivity contribution in [2.45, 2.75) is 6.42 Å². The summed E-state index contributed by atoms with van der Waals surface area (Å²) < 4.78 is 2.47. The lowest BCUT2D eigenvalue weighted by Gasteiger charge is -2.12. The summed E-state index contributed by atoms with van der Waals surface area (Å²) in [5.74, 6) is 0.814. The molecule has 0 unspecified atom stereocenters. The van der Waals surface area contributed by atoms with Gasteiger partial charge in [-0.2, -0.15) is 0 Å². The Hall–Kier alpha value is -3.32. The van der Waals surface area contributed by atoms with Crippen LogP contribution in [0.4, 0.5) is 5.82 Å². The van der Waals surface area contributed by atoms with E-state index in [0.717, 1.165) is 10.0 Å². The van der Waals surface area contributed by atoms with Crippen LogP contribution >= 0.6 is 15.9 Å². The normalized spacial score (nSPS) is 10.8. The Labute approximate surface area is 175 Å². The summed E-state index contributed by atoms with van der Waals surface area (Å²) in [6, 6.07) is 18.2. The Balaban J connectivity index is 1.76. The van der Waals surface area contributed by atoms with Crippen LogP contribution in [0, 0.1) is 0 Å². The van der Waals surface area contributed by atoms with Gasteiger partial charge in [-0.25, -0.2) is 9.97 Å². The zero-order chi connectivity index (χ0) is 20.4. The lowest BCUT2D eigenvalue weighted by atomic mass is 10.1. The number of para-hydroxylation sites is 1. The van der Waals surface area contributed by atoms with E-state index in [9.17, 15) is 9.59 Å². The zero-order valence-corrected chi connectivity index (χ0v) is 17.2. The molecule has 0 atom stereocenters. The van der Waals surface area contributed by atoms with Gasteiger partial charge in [0.15, 0.2) is 0 Å². The number of fused-ring (bicyclic) bond motifs is 1. The number of nitrogens with zero attached hydrogens (tertiary/aromatic N) is 3. The van der Waals surface area contributed by atoms with Gasteiger partial charge in [-0.15, -0.1) is 0 Å². The van der Waals surface area contributed by atoms with Crippen LogP contribution in [0.15, 0.2) is 76.1 Å². The first kappa shape index (κ1) is 19.0. The molecule has 144 valence electrons. The van der Waals surface area contributed by atoms with Gasteiger partial charge in [0.25, 0.3) is 5.56 Å². The second-order valence-electron chi connectivity index (χ2n) is 6.56. The molecule has 2 heterocycles. The van der Waals surface area contributed by atoms with Crippen LogP contribution in [0.1, 0.15) is 5.56 Å². The van der Waals surface area contributed by atoms with Crippen molar-refractivity contribution in [1.29, 1.82) is 0 Å². The van der Waals surface area contributed by atoms with E-state index in [1.165, 1.54) is 4.57 Å². The first-order valence-electron chi connectivity index (χ1n) is 8.98. The Morgan fingerprint density at radius 2 is 1.86 bits per heavy atom. The third-order valence-corrected chi connectivity index (χ3v) is 5.10. The van der Waals surface area contributed by atoms with E-state index in [0.29, 0.717) is 28.1 Å². The van der Waals surface area contributed by atoms with Crippen LogP contribution in [0.5, 0.6) is 0 Å². The predicted molar refractivity (Wildman–Crippen MR) is 117 cm³/mol. The van der Waals surface area contributed by atoms with Crippen LogP contribution < -0.4 is 10.9 Å². The van der Waals surface area contributed by atoms with Crippen molar-refractivity contribution >= 4 is 38.6 Å². The predicted octanol–water partition coefficient (Wildman–Crippen LogP) is 3.94. The standard InChI is InChI=1S/C22H17BrN4O2/c1-27-21(14-8-10-16(23)11-9-14)26-20-15(5-4-6-17(20)22(27)29)13-19(28)25-18-7-2-3-12-24-18/h2-12H,13H2,1H3,(H,24,25,28). The average molecular weight is 449 g/mol. The van der Waals surface area contributed by atoms with E-state index in [2.05, 4.69) is 26.2 Å². The molecule has 0 aliphatic carbocycles. The van der Waals surface area contributed by atoms with Gasteiger partial charge in [0.1, 0.15) is 11.6 Å². The van der Waals surface area contributed by atoms with Gasteiger partial charge in [0.2, 0.25) is 5.91 Å². The minimum atomic E-state index is -0.219. The van der Waals surface area contributed by atoms with E-state index >= 15 is 0 Å². The minimum absolute atomic E-state index is 0.0911. The second kappa shape index (κ2) is 7.97. The first-order chi connectivity index (χ1) is 14.0. The maximum absolute atomic E-state index is 12.9. The molecule has 0 radical (unpaired) electrons. The number of hydrogen-bond acceptors (Lipinski definition) is 4. The molecule has 6 nitrogen and oxygen atoms in total. The first-order valence-corrected chi connectivity index (χ1v) is 9.77. The summed E-state index contributed by atoms with van der Waals surface area (Å²) in [6.45, 7) is 0. The number of hydrogen-bond donors (Lipinski definition) is 1. The largest absolute Gasteiger partial charge is 0.310 e. The van der Waals surface area contributed by atoms with Gasteiger partial charge in [-0.05, 0) is 35.9 Å². The van der Waals surface area contributed by atoms with Gasteiger partial charge < -0.3 is 5.32 Å². The van der Waals surface area contributed by atoms with Gasteiger partial charge in [-0.1, -0.05) is 46.3 Å². The second-order valence-corrected chi connectivity index (χ2v) is 7.48. The Kier molecular flexibility index (Phi) is 5.22. The molecule has 0 aliphatic heterocycles. The fraction of sp³-hybridized carbons (Fsp3) is 0.0909. The molecule has 0 saturated carbocycles. The maximum Gasteiger partial charge on any atom is 0.261 e. The van der Waals surface area contributed by atoms with Gasteiger partial charge in [0.05, 0.1) is 17.3 Å². The highest BCUT2D eigenvalue weighted by Crippen LogP contribution is 2.22. The number of benzene rings is 2. The zero-order valence-electron chi connectivity index (χ0n) is 15.6. The number of nitrogens with one attached hydrogen (secondary N) is 1. The number of amides is 1. The van der Waals surface area contributed by atoms with Crippen molar-refractivity contribution in [2.24, 2.45) is 7.05 Å². The van der Waals surface area contributed by atoms with E-state index < -0.39 is 0 Å². The lowest BCUT2D eigenvalue weighted by molar-refractivity contribution is -0.115. The molecule has 1 N–H and O–H groups in total. The molecule has 4 aromatic rings. The van der Waals surface area contributed by atoms with Crippen LogP contribution in [0.25, 0.3) is 22.3 Å². The fourth-order valence-electron chi connectivity index (χ4n) is 3.15. The summed E-state index contributed by atoms with van der Waals surface area (Å²) in [6.07, 6.45) is 1.71. The van der Waals surface area contributed by atoms with Crippen molar-refractivity contribution < 1.29 is 4.79 Å². The summed E-state index contributed by atoms with van der Waals surface area (Å²) in [5.41, 5.74) is 1.89. The quantitative estimate of drug-likeness (QED) is 0.512. The van der Waals surface area contributed by atoms with E-state index in [1.807, 2.05) is 30.3 Å². The number of halogens is 1. The molecule has 0 saturated heterocycles. The molecule has 4 rings (SSSR count). The highest BCUT2D eigenvalue weighted by Gasteiger charge is 2.15. The summed E-state index contributed by atoms with van der Waals surface area (Å²) >= 11 is 3.42. The highest BCUT2D eigenvalue weighted by molar-refractivity contribution is 9.10. The molecular formula is C22H17BrN4O2. The average Bonchev–Trinajstić information content (AvgIpc) is 2.72. The lowest BCUT2D eigenvalue weighted by Crippen LogP contribution is -2.21. The number of rotatable bonds is 4. The molecule has 2 aromatic heterocycles. The molecule has 2 aromatic carbocycles. The van der Waals surface area contributed by atoms with Gasteiger partial charge >= 0.3 is 0 Å². The summed E-state index contributed by atoms with van der Waals surface area (Å²) in [7, 11) is 1.70. The SMILES string of the molecule is Cn1c(-c2ccc(Br)cc2)nc2c(CC(=O)Nc3ccccn3)cccc2c1=O. The molecular weight excluding hydrogens is 432 g/mol. The summed E-state index contributed by atoms with van der Waals surface area (Å²) in [4.78, 5) is 34.3. The van der Waals surface area contributed by atoms with Crippen LogP contribution in [-0.4, -0.2) is 20.4 Å². The van der Waals surface area contributed by atoms with Crippen molar-refractivity contribution in [2.75, 3.05) is 5.32 Å². The molecule has 0 spiro atoms. The van der Waals surface area contributed by atoms with Crippen molar-refractivity contribution in [3.63, 3.8) is 0 Å². The van der Waals surface area contributed by atoms with E-state index in [-0.39, 0.29) is 17.9 Å².